The Labute approximate surface area is 179 Å². The number of nitrogens with zero attached hydrogens (tertiary/aromatic N) is 1. The number of aliphatic imine (C=N–C) groups is 1. The zero-order valence-corrected chi connectivity index (χ0v) is 19.1. The minimum atomic E-state index is -0.529. The van der Waals surface area contributed by atoms with Crippen molar-refractivity contribution in [2.45, 2.75) is 64.1 Å². The van der Waals surface area contributed by atoms with Crippen LogP contribution in [0, 0.1) is 0 Å². The predicted octanol–water partition coefficient (Wildman–Crippen LogP) is 3.98. The number of carbonyl (C=O) groups excluding carboxylic acids is 1. The number of amides is 1. The smallest absolute Gasteiger partial charge is 0.408 e. The average Bonchev–Trinajstić information content (AvgIpc) is 3.09. The SMILES string of the molecule is CN=C(NCC(NC(=O)OC(C)(C)C)c1ccccc1)NC1CCCC1.I. The number of alkyl carbamates (subject to hydrolysis) is 1. The van der Waals surface area contributed by atoms with E-state index in [0.29, 0.717) is 12.6 Å². The molecular weight excluding hydrogens is 455 g/mol. The van der Waals surface area contributed by atoms with E-state index in [-0.39, 0.29) is 30.0 Å². The van der Waals surface area contributed by atoms with Crippen molar-refractivity contribution in [2.75, 3.05) is 13.6 Å². The van der Waals surface area contributed by atoms with Crippen molar-refractivity contribution in [3.8, 4) is 0 Å². The Bertz CT molecular complexity index is 596. The second kappa shape index (κ2) is 11.4. The zero-order valence-electron chi connectivity index (χ0n) is 16.7. The Hall–Kier alpha value is -1.51. The number of halogens is 1. The largest absolute Gasteiger partial charge is 0.444 e. The van der Waals surface area contributed by atoms with Crippen molar-refractivity contribution >= 4 is 36.0 Å². The summed E-state index contributed by atoms with van der Waals surface area (Å²) in [4.78, 5) is 16.5. The fourth-order valence-electron chi connectivity index (χ4n) is 3.04. The number of benzene rings is 1. The van der Waals surface area contributed by atoms with Gasteiger partial charge in [0.15, 0.2) is 5.96 Å². The van der Waals surface area contributed by atoms with Crippen LogP contribution in [0.5, 0.6) is 0 Å². The van der Waals surface area contributed by atoms with Crippen molar-refractivity contribution in [1.82, 2.24) is 16.0 Å². The summed E-state index contributed by atoms with van der Waals surface area (Å²) in [6.45, 7) is 6.09. The highest BCUT2D eigenvalue weighted by Crippen LogP contribution is 2.18. The van der Waals surface area contributed by atoms with E-state index in [2.05, 4.69) is 20.9 Å². The van der Waals surface area contributed by atoms with Gasteiger partial charge in [0, 0.05) is 19.6 Å². The van der Waals surface area contributed by atoms with Crippen LogP contribution in [0.15, 0.2) is 35.3 Å². The number of nitrogens with one attached hydrogen (secondary N) is 3. The lowest BCUT2D eigenvalue weighted by Crippen LogP contribution is -2.46. The maximum absolute atomic E-state index is 12.2. The molecule has 0 heterocycles. The van der Waals surface area contributed by atoms with E-state index in [1.54, 1.807) is 7.05 Å². The number of carbonyl (C=O) groups is 1. The van der Waals surface area contributed by atoms with Crippen molar-refractivity contribution < 1.29 is 9.53 Å². The zero-order chi connectivity index (χ0) is 19.0. The van der Waals surface area contributed by atoms with Crippen LogP contribution < -0.4 is 16.0 Å². The summed E-state index contributed by atoms with van der Waals surface area (Å²) in [7, 11) is 1.77. The summed E-state index contributed by atoms with van der Waals surface area (Å²) in [5.41, 5.74) is 0.487. The molecule has 1 saturated carbocycles. The molecule has 3 N–H and O–H groups in total. The molecule has 1 aliphatic rings. The van der Waals surface area contributed by atoms with Crippen LogP contribution in [0.2, 0.25) is 0 Å². The van der Waals surface area contributed by atoms with Crippen LogP contribution in [0.4, 0.5) is 4.79 Å². The van der Waals surface area contributed by atoms with E-state index < -0.39 is 11.7 Å². The lowest BCUT2D eigenvalue weighted by atomic mass is 10.1. The predicted molar refractivity (Wildman–Crippen MR) is 121 cm³/mol. The molecule has 6 nitrogen and oxygen atoms in total. The fourth-order valence-corrected chi connectivity index (χ4v) is 3.04. The molecule has 27 heavy (non-hydrogen) atoms. The van der Waals surface area contributed by atoms with Gasteiger partial charge in [-0.05, 0) is 39.2 Å². The summed E-state index contributed by atoms with van der Waals surface area (Å²) >= 11 is 0. The van der Waals surface area contributed by atoms with Gasteiger partial charge in [-0.3, -0.25) is 4.99 Å². The molecule has 1 aromatic carbocycles. The normalized spacial score (nSPS) is 16.2. The molecule has 2 rings (SSSR count). The summed E-state index contributed by atoms with van der Waals surface area (Å²) in [6, 6.07) is 10.1. The molecule has 0 aromatic heterocycles. The maximum Gasteiger partial charge on any atom is 0.408 e. The van der Waals surface area contributed by atoms with Crippen LogP contribution in [0.3, 0.4) is 0 Å². The molecule has 1 atom stereocenters. The molecule has 1 aliphatic carbocycles. The van der Waals surface area contributed by atoms with E-state index in [1.807, 2.05) is 51.1 Å². The molecule has 1 aromatic rings. The molecule has 0 spiro atoms. The van der Waals surface area contributed by atoms with Crippen LogP contribution in [-0.4, -0.2) is 37.3 Å². The third-order valence-electron chi connectivity index (χ3n) is 4.29. The Balaban J connectivity index is 0.00000364. The fraction of sp³-hybridized carbons (Fsp3) is 0.600. The van der Waals surface area contributed by atoms with Gasteiger partial charge in [0.2, 0.25) is 0 Å². The molecule has 0 saturated heterocycles. The molecule has 1 fully saturated rings. The van der Waals surface area contributed by atoms with Crippen LogP contribution in [0.1, 0.15) is 58.1 Å². The third kappa shape index (κ3) is 8.81. The molecule has 1 unspecified atom stereocenters. The quantitative estimate of drug-likeness (QED) is 0.333. The molecule has 7 heteroatoms. The number of rotatable bonds is 5. The van der Waals surface area contributed by atoms with Crippen molar-refractivity contribution in [2.24, 2.45) is 4.99 Å². The lowest BCUT2D eigenvalue weighted by Gasteiger charge is -2.25. The van der Waals surface area contributed by atoms with E-state index in [0.717, 1.165) is 11.5 Å². The highest BCUT2D eigenvalue weighted by atomic mass is 127. The minimum absolute atomic E-state index is 0. The van der Waals surface area contributed by atoms with E-state index >= 15 is 0 Å². The second-order valence-electron chi connectivity index (χ2n) is 7.69. The van der Waals surface area contributed by atoms with Gasteiger partial charge < -0.3 is 20.7 Å². The van der Waals surface area contributed by atoms with Gasteiger partial charge >= 0.3 is 6.09 Å². The Morgan fingerprint density at radius 1 is 1.22 bits per heavy atom. The second-order valence-corrected chi connectivity index (χ2v) is 7.69. The van der Waals surface area contributed by atoms with E-state index in [4.69, 9.17) is 4.74 Å². The summed E-state index contributed by atoms with van der Waals surface area (Å²) < 4.78 is 5.41. The number of ether oxygens (including phenoxy) is 1. The van der Waals surface area contributed by atoms with E-state index in [1.165, 1.54) is 25.7 Å². The van der Waals surface area contributed by atoms with Crippen LogP contribution in [0.25, 0.3) is 0 Å². The topological polar surface area (TPSA) is 74.8 Å². The van der Waals surface area contributed by atoms with Crippen LogP contribution >= 0.6 is 24.0 Å². The number of guanidine groups is 1. The average molecular weight is 488 g/mol. The molecular formula is C20H33IN4O2. The monoisotopic (exact) mass is 488 g/mol. The number of hydrogen-bond donors (Lipinski definition) is 3. The van der Waals surface area contributed by atoms with Gasteiger partial charge in [-0.15, -0.1) is 24.0 Å². The Morgan fingerprint density at radius 3 is 2.41 bits per heavy atom. The first-order valence-electron chi connectivity index (χ1n) is 9.39. The van der Waals surface area contributed by atoms with Gasteiger partial charge in [0.05, 0.1) is 6.04 Å². The molecule has 1 amide bonds. The van der Waals surface area contributed by atoms with Gasteiger partial charge in [-0.1, -0.05) is 43.2 Å². The highest BCUT2D eigenvalue weighted by molar-refractivity contribution is 14.0. The highest BCUT2D eigenvalue weighted by Gasteiger charge is 2.21. The molecule has 152 valence electrons. The number of hydrogen-bond acceptors (Lipinski definition) is 3. The Morgan fingerprint density at radius 2 is 1.85 bits per heavy atom. The van der Waals surface area contributed by atoms with E-state index in [9.17, 15) is 4.79 Å². The maximum atomic E-state index is 12.2. The van der Waals surface area contributed by atoms with Gasteiger partial charge in [-0.2, -0.15) is 0 Å². The first kappa shape index (κ1) is 23.5. The van der Waals surface area contributed by atoms with Crippen molar-refractivity contribution in [3.05, 3.63) is 35.9 Å². The third-order valence-corrected chi connectivity index (χ3v) is 4.29. The summed E-state index contributed by atoms with van der Waals surface area (Å²) in [5, 5.41) is 9.75. The summed E-state index contributed by atoms with van der Waals surface area (Å²) in [5.74, 6) is 0.767. The summed E-state index contributed by atoms with van der Waals surface area (Å²) in [6.07, 6.45) is 4.47. The molecule has 0 radical (unpaired) electrons. The minimum Gasteiger partial charge on any atom is -0.444 e. The van der Waals surface area contributed by atoms with Gasteiger partial charge in [-0.25, -0.2) is 4.79 Å². The van der Waals surface area contributed by atoms with Gasteiger partial charge in [0.1, 0.15) is 5.60 Å². The standard InChI is InChI=1S/C20H32N4O2.HI/c1-20(2,3)26-19(25)24-17(15-10-6-5-7-11-15)14-22-18(21-4)23-16-12-8-9-13-16;/h5-7,10-11,16-17H,8-9,12-14H2,1-4H3,(H,24,25)(H2,21,22,23);1H. The van der Waals surface area contributed by atoms with Gasteiger partial charge in [0.25, 0.3) is 0 Å². The first-order valence-corrected chi connectivity index (χ1v) is 9.39. The molecule has 0 aliphatic heterocycles. The van der Waals surface area contributed by atoms with Crippen molar-refractivity contribution in [3.63, 3.8) is 0 Å². The lowest BCUT2D eigenvalue weighted by molar-refractivity contribution is 0.0504. The molecule has 0 bridgehead atoms. The van der Waals surface area contributed by atoms with Crippen LogP contribution in [-0.2, 0) is 4.74 Å². The van der Waals surface area contributed by atoms with Crippen molar-refractivity contribution in [1.29, 1.82) is 0 Å². The Kier molecular flexibility index (Phi) is 9.90. The first-order chi connectivity index (χ1) is 12.4.